The zero-order valence-electron chi connectivity index (χ0n) is 14.9. The highest BCUT2D eigenvalue weighted by atomic mass is 16.5. The molecule has 0 saturated carbocycles. The Kier molecular flexibility index (Phi) is 4.50. The minimum atomic E-state index is -0.476. The number of fused-ring (bicyclic) bond motifs is 1. The van der Waals surface area contributed by atoms with Gasteiger partial charge in [0, 0.05) is 18.5 Å². The summed E-state index contributed by atoms with van der Waals surface area (Å²) in [4.78, 5) is 26.8. The minimum absolute atomic E-state index is 0.201. The largest absolute Gasteiger partial charge is 0.461 e. The number of furan rings is 1. The maximum atomic E-state index is 12.6. The summed E-state index contributed by atoms with van der Waals surface area (Å²) in [5, 5.41) is 4.52. The number of nitrogens with zero attached hydrogens (tertiary/aromatic N) is 3. The molecule has 138 valence electrons. The molecule has 0 radical (unpaired) electrons. The molecule has 7 nitrogen and oxygen atoms in total. The molecule has 1 aliphatic rings. The van der Waals surface area contributed by atoms with Crippen LogP contribution >= 0.6 is 0 Å². The molecule has 0 spiro atoms. The number of hydrogen-bond donors (Lipinski definition) is 0. The Bertz CT molecular complexity index is 961. The number of rotatable bonds is 4. The summed E-state index contributed by atoms with van der Waals surface area (Å²) in [6.45, 7) is 2.83. The molecule has 4 rings (SSSR count). The first-order chi connectivity index (χ1) is 13.2. The summed E-state index contributed by atoms with van der Waals surface area (Å²) < 4.78 is 12.2. The van der Waals surface area contributed by atoms with Crippen LogP contribution in [0.4, 0.5) is 0 Å². The van der Waals surface area contributed by atoms with Gasteiger partial charge in [0.15, 0.2) is 11.5 Å². The SMILES string of the molecule is CCOC(=O)c1nn(-c2ccccc2)c2c1CN(C(=O)c1ccco1)CC2. The fourth-order valence-corrected chi connectivity index (χ4v) is 3.29. The zero-order chi connectivity index (χ0) is 18.8. The van der Waals surface area contributed by atoms with E-state index in [0.29, 0.717) is 13.0 Å². The Morgan fingerprint density at radius 1 is 1.19 bits per heavy atom. The summed E-state index contributed by atoms with van der Waals surface area (Å²) in [5.74, 6) is -0.393. The molecule has 2 aromatic heterocycles. The second-order valence-electron chi connectivity index (χ2n) is 6.20. The van der Waals surface area contributed by atoms with Crippen molar-refractivity contribution in [1.82, 2.24) is 14.7 Å². The van der Waals surface area contributed by atoms with Gasteiger partial charge < -0.3 is 14.1 Å². The zero-order valence-corrected chi connectivity index (χ0v) is 14.9. The molecule has 3 aromatic rings. The summed E-state index contributed by atoms with van der Waals surface area (Å²) in [5.41, 5.74) is 2.78. The van der Waals surface area contributed by atoms with Crippen LogP contribution in [-0.4, -0.2) is 39.7 Å². The lowest BCUT2D eigenvalue weighted by atomic mass is 10.0. The van der Waals surface area contributed by atoms with Crippen molar-refractivity contribution in [3.05, 3.63) is 71.4 Å². The molecule has 0 atom stereocenters. The first kappa shape index (κ1) is 17.1. The van der Waals surface area contributed by atoms with Crippen LogP contribution in [0.15, 0.2) is 53.1 Å². The molecule has 1 aliphatic heterocycles. The van der Waals surface area contributed by atoms with Gasteiger partial charge in [0.1, 0.15) is 0 Å². The van der Waals surface area contributed by atoms with E-state index < -0.39 is 5.97 Å². The number of ether oxygens (including phenoxy) is 1. The fourth-order valence-electron chi connectivity index (χ4n) is 3.29. The van der Waals surface area contributed by atoms with Gasteiger partial charge in [-0.2, -0.15) is 5.10 Å². The van der Waals surface area contributed by atoms with Gasteiger partial charge in [-0.3, -0.25) is 4.79 Å². The molecule has 1 amide bonds. The van der Waals surface area contributed by atoms with Gasteiger partial charge in [-0.1, -0.05) is 18.2 Å². The predicted octanol–water partition coefficient (Wildman–Crippen LogP) is 2.84. The first-order valence-corrected chi connectivity index (χ1v) is 8.85. The topological polar surface area (TPSA) is 77.6 Å². The standard InChI is InChI=1S/C20H19N3O4/c1-2-26-20(25)18-15-13-22(19(24)17-9-6-12-27-17)11-10-16(15)23(21-18)14-7-4-3-5-8-14/h3-9,12H,2,10-11,13H2,1H3. The van der Waals surface area contributed by atoms with E-state index in [1.807, 2.05) is 30.3 Å². The lowest BCUT2D eigenvalue weighted by Gasteiger charge is -2.27. The highest BCUT2D eigenvalue weighted by Crippen LogP contribution is 2.27. The number of amides is 1. The average molecular weight is 365 g/mol. The molecule has 0 fully saturated rings. The van der Waals surface area contributed by atoms with Crippen molar-refractivity contribution < 1.29 is 18.7 Å². The fraction of sp³-hybridized carbons (Fsp3) is 0.250. The molecule has 0 saturated heterocycles. The maximum Gasteiger partial charge on any atom is 0.359 e. The molecule has 0 aliphatic carbocycles. The molecule has 0 bridgehead atoms. The maximum absolute atomic E-state index is 12.6. The van der Waals surface area contributed by atoms with Crippen LogP contribution in [0.25, 0.3) is 5.69 Å². The third kappa shape index (κ3) is 3.12. The number of aromatic nitrogens is 2. The van der Waals surface area contributed by atoms with Crippen molar-refractivity contribution in [2.24, 2.45) is 0 Å². The van der Waals surface area contributed by atoms with Gasteiger partial charge in [-0.25, -0.2) is 9.48 Å². The monoisotopic (exact) mass is 365 g/mol. The van der Waals surface area contributed by atoms with Gasteiger partial charge in [0.25, 0.3) is 5.91 Å². The van der Waals surface area contributed by atoms with Crippen molar-refractivity contribution >= 4 is 11.9 Å². The first-order valence-electron chi connectivity index (χ1n) is 8.85. The van der Waals surface area contributed by atoms with Crippen LogP contribution in [0, 0.1) is 0 Å². The molecular formula is C20H19N3O4. The molecule has 3 heterocycles. The van der Waals surface area contributed by atoms with E-state index in [4.69, 9.17) is 9.15 Å². The Morgan fingerprint density at radius 3 is 2.70 bits per heavy atom. The highest BCUT2D eigenvalue weighted by molar-refractivity contribution is 5.93. The Morgan fingerprint density at radius 2 is 2.00 bits per heavy atom. The van der Waals surface area contributed by atoms with Crippen molar-refractivity contribution in [3.63, 3.8) is 0 Å². The minimum Gasteiger partial charge on any atom is -0.461 e. The van der Waals surface area contributed by atoms with Crippen LogP contribution in [0.2, 0.25) is 0 Å². The summed E-state index contributed by atoms with van der Waals surface area (Å²) in [6.07, 6.45) is 2.06. The van der Waals surface area contributed by atoms with E-state index in [2.05, 4.69) is 5.10 Å². The van der Waals surface area contributed by atoms with Gasteiger partial charge in [-0.05, 0) is 31.2 Å². The van der Waals surface area contributed by atoms with Crippen molar-refractivity contribution in [3.8, 4) is 5.69 Å². The van der Waals surface area contributed by atoms with Crippen LogP contribution in [-0.2, 0) is 17.7 Å². The smallest absolute Gasteiger partial charge is 0.359 e. The second kappa shape index (κ2) is 7.11. The van der Waals surface area contributed by atoms with Crippen molar-refractivity contribution in [2.75, 3.05) is 13.2 Å². The second-order valence-corrected chi connectivity index (χ2v) is 6.20. The Balaban J connectivity index is 1.73. The molecule has 1 aromatic carbocycles. The Labute approximate surface area is 156 Å². The molecule has 0 N–H and O–H groups in total. The van der Waals surface area contributed by atoms with Gasteiger partial charge >= 0.3 is 5.97 Å². The van der Waals surface area contributed by atoms with E-state index >= 15 is 0 Å². The van der Waals surface area contributed by atoms with Crippen molar-refractivity contribution in [2.45, 2.75) is 19.9 Å². The van der Waals surface area contributed by atoms with E-state index in [1.54, 1.807) is 28.6 Å². The Hall–Kier alpha value is -3.35. The summed E-state index contributed by atoms with van der Waals surface area (Å²) in [6, 6.07) is 12.9. The highest BCUT2D eigenvalue weighted by Gasteiger charge is 2.32. The van der Waals surface area contributed by atoms with E-state index in [1.165, 1.54) is 6.26 Å². The van der Waals surface area contributed by atoms with Crippen LogP contribution in [0.5, 0.6) is 0 Å². The lowest BCUT2D eigenvalue weighted by molar-refractivity contribution is 0.0512. The van der Waals surface area contributed by atoms with Gasteiger partial charge in [0.05, 0.1) is 30.8 Å². The van der Waals surface area contributed by atoms with Crippen LogP contribution in [0.3, 0.4) is 0 Å². The number of carbonyl (C=O) groups is 2. The summed E-state index contributed by atoms with van der Waals surface area (Å²) >= 11 is 0. The van der Waals surface area contributed by atoms with Crippen LogP contribution in [0.1, 0.15) is 39.2 Å². The van der Waals surface area contributed by atoms with Gasteiger partial charge in [0.2, 0.25) is 0 Å². The van der Waals surface area contributed by atoms with E-state index in [0.717, 1.165) is 16.9 Å². The van der Waals surface area contributed by atoms with E-state index in [9.17, 15) is 9.59 Å². The quantitative estimate of drug-likeness (QED) is 0.665. The number of esters is 1. The normalized spacial score (nSPS) is 13.3. The molecule has 0 unspecified atom stereocenters. The van der Waals surface area contributed by atoms with Gasteiger partial charge in [-0.15, -0.1) is 0 Å². The predicted molar refractivity (Wildman–Crippen MR) is 96.7 cm³/mol. The molecule has 27 heavy (non-hydrogen) atoms. The number of hydrogen-bond acceptors (Lipinski definition) is 5. The third-order valence-corrected chi connectivity index (χ3v) is 4.55. The van der Waals surface area contributed by atoms with E-state index in [-0.39, 0.29) is 30.5 Å². The third-order valence-electron chi connectivity index (χ3n) is 4.55. The number of carbonyl (C=O) groups excluding carboxylic acids is 2. The van der Waals surface area contributed by atoms with Crippen molar-refractivity contribution in [1.29, 1.82) is 0 Å². The lowest BCUT2D eigenvalue weighted by Crippen LogP contribution is -2.36. The number of para-hydroxylation sites is 1. The molecular weight excluding hydrogens is 346 g/mol. The summed E-state index contributed by atoms with van der Waals surface area (Å²) in [7, 11) is 0. The average Bonchev–Trinajstić information content (AvgIpc) is 3.36. The van der Waals surface area contributed by atoms with Crippen LogP contribution < -0.4 is 0 Å². The molecule has 7 heteroatoms. The number of benzene rings is 1.